The Morgan fingerprint density at radius 1 is 1.35 bits per heavy atom. The molecule has 1 aliphatic heterocycles. The fourth-order valence-corrected chi connectivity index (χ4v) is 3.93. The summed E-state index contributed by atoms with van der Waals surface area (Å²) < 4.78 is 27.5. The Balaban J connectivity index is 1.68. The second-order valence-corrected chi connectivity index (χ2v) is 9.07. The fourth-order valence-electron chi connectivity index (χ4n) is 3.35. The number of nitrogens with zero attached hydrogens (tertiary/aromatic N) is 3. The monoisotopic (exact) mass is 378 g/mol. The number of aromatic nitrogens is 2. The molecule has 0 aliphatic carbocycles. The molecule has 2 amide bonds. The molecular formula is C17H22N4O4S. The molecule has 1 aromatic heterocycles. The lowest BCUT2D eigenvalue weighted by molar-refractivity contribution is 0.167. The van der Waals surface area contributed by atoms with Crippen LogP contribution in [0.3, 0.4) is 0 Å². The van der Waals surface area contributed by atoms with Gasteiger partial charge in [-0.25, -0.2) is 13.2 Å². The maximum absolute atomic E-state index is 12.7. The molecule has 2 aromatic rings. The number of benzene rings is 1. The molecule has 0 radical (unpaired) electrons. The van der Waals surface area contributed by atoms with E-state index in [4.69, 9.17) is 4.52 Å². The number of anilines is 1. The van der Waals surface area contributed by atoms with Crippen molar-refractivity contribution < 1.29 is 17.7 Å². The first-order valence-corrected chi connectivity index (χ1v) is 10.4. The van der Waals surface area contributed by atoms with Gasteiger partial charge in [0.1, 0.15) is 5.75 Å². The van der Waals surface area contributed by atoms with Crippen LogP contribution in [0.2, 0.25) is 0 Å². The number of hydrogen-bond donors (Lipinski definition) is 1. The number of urea groups is 1. The van der Waals surface area contributed by atoms with Crippen molar-refractivity contribution in [3.63, 3.8) is 0 Å². The Kier molecular flexibility index (Phi) is 4.99. The Labute approximate surface area is 152 Å². The molecule has 2 heterocycles. The maximum atomic E-state index is 12.7. The number of hydrogen-bond acceptors (Lipinski definition) is 6. The van der Waals surface area contributed by atoms with Crippen LogP contribution in [-0.4, -0.2) is 47.8 Å². The van der Waals surface area contributed by atoms with Gasteiger partial charge in [0.15, 0.2) is 15.7 Å². The molecule has 1 aromatic carbocycles. The minimum atomic E-state index is -3.27. The topological polar surface area (TPSA) is 105 Å². The number of nitrogens with one attached hydrogen (secondary N) is 1. The Morgan fingerprint density at radius 2 is 2.08 bits per heavy atom. The number of carbonyl (C=O) groups is 1. The summed E-state index contributed by atoms with van der Waals surface area (Å²) in [6.45, 7) is 2.70. The molecule has 140 valence electrons. The van der Waals surface area contributed by atoms with E-state index >= 15 is 0 Å². The maximum Gasteiger partial charge on any atom is 0.329 e. The van der Waals surface area contributed by atoms with E-state index in [1.54, 1.807) is 4.90 Å². The zero-order valence-corrected chi connectivity index (χ0v) is 15.6. The van der Waals surface area contributed by atoms with Crippen LogP contribution in [0.4, 0.5) is 10.8 Å². The van der Waals surface area contributed by atoms with Gasteiger partial charge in [0.2, 0.25) is 0 Å². The summed E-state index contributed by atoms with van der Waals surface area (Å²) in [7, 11) is -3.27. The van der Waals surface area contributed by atoms with Gasteiger partial charge < -0.3 is 9.42 Å². The largest absolute Gasteiger partial charge is 0.329 e. The number of amides is 2. The molecule has 0 saturated carbocycles. The van der Waals surface area contributed by atoms with Crippen molar-refractivity contribution in [1.29, 1.82) is 0 Å². The molecule has 9 heteroatoms. The molecule has 1 saturated heterocycles. The first kappa shape index (κ1) is 18.4. The van der Waals surface area contributed by atoms with Crippen LogP contribution in [0.5, 0.6) is 0 Å². The lowest BCUT2D eigenvalue weighted by atomic mass is 9.90. The van der Waals surface area contributed by atoms with Gasteiger partial charge in [-0.15, -0.1) is 0 Å². The standard InChI is InChI=1S/C17H22N4O4S/c1-17(11-13-7-4-3-5-8-13)9-6-10-21(17)16(22)19-15-18-14(20-25-15)12-26(2,23)24/h3-5,7-8H,6,9-12H2,1-2H3,(H,18,19,20,22). The smallest absolute Gasteiger partial charge is 0.319 e. The van der Waals surface area contributed by atoms with Gasteiger partial charge in [0.05, 0.1) is 0 Å². The Bertz CT molecular complexity index is 881. The molecule has 8 nitrogen and oxygen atoms in total. The third-order valence-corrected chi connectivity index (χ3v) is 5.28. The minimum absolute atomic E-state index is 0.0243. The summed E-state index contributed by atoms with van der Waals surface area (Å²) in [5.41, 5.74) is 0.865. The van der Waals surface area contributed by atoms with Crippen molar-refractivity contribution >= 4 is 21.9 Å². The molecule has 0 spiro atoms. The average molecular weight is 378 g/mol. The van der Waals surface area contributed by atoms with E-state index in [9.17, 15) is 13.2 Å². The van der Waals surface area contributed by atoms with Crippen LogP contribution >= 0.6 is 0 Å². The van der Waals surface area contributed by atoms with Crippen LogP contribution in [0.25, 0.3) is 0 Å². The van der Waals surface area contributed by atoms with Gasteiger partial charge in [0, 0.05) is 18.3 Å². The van der Waals surface area contributed by atoms with E-state index in [-0.39, 0.29) is 29.2 Å². The van der Waals surface area contributed by atoms with Gasteiger partial charge in [-0.1, -0.05) is 35.5 Å². The highest BCUT2D eigenvalue weighted by Gasteiger charge is 2.40. The van der Waals surface area contributed by atoms with Crippen molar-refractivity contribution in [2.45, 2.75) is 37.5 Å². The van der Waals surface area contributed by atoms with E-state index in [2.05, 4.69) is 34.5 Å². The predicted octanol–water partition coefficient (Wildman–Crippen LogP) is 2.24. The number of rotatable bonds is 5. The zero-order valence-electron chi connectivity index (χ0n) is 14.8. The van der Waals surface area contributed by atoms with Crippen molar-refractivity contribution in [3.8, 4) is 0 Å². The van der Waals surface area contributed by atoms with E-state index < -0.39 is 9.84 Å². The summed E-state index contributed by atoms with van der Waals surface area (Å²) >= 11 is 0. The molecule has 1 unspecified atom stereocenters. The molecule has 1 fully saturated rings. The predicted molar refractivity (Wildman–Crippen MR) is 96.4 cm³/mol. The zero-order chi connectivity index (χ0) is 18.8. The molecule has 0 bridgehead atoms. The SMILES string of the molecule is CC1(Cc2ccccc2)CCCN1C(=O)Nc1nc(CS(C)(=O)=O)no1. The number of carbonyl (C=O) groups excluding carboxylic acids is 1. The molecular weight excluding hydrogens is 356 g/mol. The highest BCUT2D eigenvalue weighted by atomic mass is 32.2. The third kappa shape index (κ3) is 4.40. The summed E-state index contributed by atoms with van der Waals surface area (Å²) in [6.07, 6.45) is 3.66. The molecule has 1 aliphatic rings. The van der Waals surface area contributed by atoms with Crippen LogP contribution < -0.4 is 5.32 Å². The van der Waals surface area contributed by atoms with Crippen LogP contribution in [0, 0.1) is 0 Å². The van der Waals surface area contributed by atoms with Gasteiger partial charge in [0.25, 0.3) is 0 Å². The van der Waals surface area contributed by atoms with Gasteiger partial charge >= 0.3 is 12.0 Å². The second kappa shape index (κ2) is 7.06. The van der Waals surface area contributed by atoms with Crippen molar-refractivity contribution in [2.75, 3.05) is 18.1 Å². The van der Waals surface area contributed by atoms with Gasteiger partial charge in [-0.05, 0) is 31.7 Å². The van der Waals surface area contributed by atoms with E-state index in [0.29, 0.717) is 6.54 Å². The van der Waals surface area contributed by atoms with Crippen LogP contribution in [0.1, 0.15) is 31.2 Å². The van der Waals surface area contributed by atoms with E-state index in [1.165, 1.54) is 5.56 Å². The van der Waals surface area contributed by atoms with E-state index in [1.807, 2.05) is 18.2 Å². The van der Waals surface area contributed by atoms with Crippen LogP contribution in [0.15, 0.2) is 34.9 Å². The molecule has 26 heavy (non-hydrogen) atoms. The number of sulfone groups is 1. The summed E-state index contributed by atoms with van der Waals surface area (Å²) in [6, 6.07) is 9.62. The molecule has 1 atom stereocenters. The third-order valence-electron chi connectivity index (χ3n) is 4.49. The lowest BCUT2D eigenvalue weighted by Gasteiger charge is -2.35. The summed E-state index contributed by atoms with van der Waals surface area (Å²) in [4.78, 5) is 18.4. The van der Waals surface area contributed by atoms with Gasteiger partial charge in [-0.2, -0.15) is 4.98 Å². The summed E-state index contributed by atoms with van der Waals surface area (Å²) in [5, 5.41) is 6.17. The highest BCUT2D eigenvalue weighted by Crippen LogP contribution is 2.32. The second-order valence-electron chi connectivity index (χ2n) is 6.93. The highest BCUT2D eigenvalue weighted by molar-refractivity contribution is 7.89. The van der Waals surface area contributed by atoms with Crippen LogP contribution in [-0.2, 0) is 22.0 Å². The first-order chi connectivity index (χ1) is 12.3. The lowest BCUT2D eigenvalue weighted by Crippen LogP contribution is -2.48. The molecule has 3 rings (SSSR count). The quantitative estimate of drug-likeness (QED) is 0.855. The Hall–Kier alpha value is -2.42. The van der Waals surface area contributed by atoms with E-state index in [0.717, 1.165) is 25.5 Å². The fraction of sp³-hybridized carbons (Fsp3) is 0.471. The Morgan fingerprint density at radius 3 is 2.77 bits per heavy atom. The molecule has 1 N–H and O–H groups in total. The van der Waals surface area contributed by atoms with Crippen molar-refractivity contribution in [2.24, 2.45) is 0 Å². The van der Waals surface area contributed by atoms with Crippen molar-refractivity contribution in [3.05, 3.63) is 41.7 Å². The normalized spacial score (nSPS) is 20.3. The van der Waals surface area contributed by atoms with Gasteiger partial charge in [-0.3, -0.25) is 5.32 Å². The average Bonchev–Trinajstić information content (AvgIpc) is 3.13. The number of likely N-dealkylation sites (tertiary alicyclic amines) is 1. The summed E-state index contributed by atoms with van der Waals surface area (Å²) in [5.74, 6) is -0.307. The first-order valence-electron chi connectivity index (χ1n) is 8.38. The minimum Gasteiger partial charge on any atom is -0.319 e. The van der Waals surface area contributed by atoms with Crippen molar-refractivity contribution in [1.82, 2.24) is 15.0 Å².